The fourth-order valence-corrected chi connectivity index (χ4v) is 2.82. The summed E-state index contributed by atoms with van der Waals surface area (Å²) in [5, 5.41) is 7.84. The van der Waals surface area contributed by atoms with Gasteiger partial charge < -0.3 is 10.1 Å². The third kappa shape index (κ3) is 6.02. The summed E-state index contributed by atoms with van der Waals surface area (Å²) < 4.78 is 27.9. The summed E-state index contributed by atoms with van der Waals surface area (Å²) in [6.07, 6.45) is 3.75. The average molecular weight is 374 g/mol. The van der Waals surface area contributed by atoms with Crippen molar-refractivity contribution in [3.8, 4) is 5.75 Å². The number of nitrogens with two attached hydrogens (primary N) is 1. The van der Waals surface area contributed by atoms with E-state index in [2.05, 4.69) is 5.32 Å². The topological polar surface area (TPSA) is 98.5 Å². The quantitative estimate of drug-likeness (QED) is 0.691. The van der Waals surface area contributed by atoms with Gasteiger partial charge >= 0.3 is 0 Å². The number of amides is 1. The Bertz CT molecular complexity index is 875. The fraction of sp³-hybridized carbons (Fsp3) is 0.211. The van der Waals surface area contributed by atoms with Gasteiger partial charge in [0.1, 0.15) is 5.75 Å². The van der Waals surface area contributed by atoms with Crippen molar-refractivity contribution in [3.63, 3.8) is 0 Å². The Labute approximate surface area is 153 Å². The molecule has 2 aromatic rings. The van der Waals surface area contributed by atoms with E-state index in [1.54, 1.807) is 18.2 Å². The van der Waals surface area contributed by atoms with Crippen LogP contribution in [0.25, 0.3) is 6.08 Å². The lowest BCUT2D eigenvalue weighted by atomic mass is 10.1. The van der Waals surface area contributed by atoms with Gasteiger partial charge in [0.15, 0.2) is 0 Å². The number of carbonyl (C=O) groups excluding carboxylic acids is 1. The number of carbonyl (C=O) groups is 1. The maximum absolute atomic E-state index is 11.9. The molecule has 0 fully saturated rings. The van der Waals surface area contributed by atoms with Gasteiger partial charge in [0, 0.05) is 18.2 Å². The third-order valence-electron chi connectivity index (χ3n) is 3.60. The molecule has 0 aliphatic heterocycles. The Balaban J connectivity index is 1.86. The number of primary sulfonamides is 1. The predicted molar refractivity (Wildman–Crippen MR) is 101 cm³/mol. The second-order valence-electron chi connectivity index (χ2n) is 5.53. The lowest BCUT2D eigenvalue weighted by molar-refractivity contribution is -0.116. The Morgan fingerprint density at radius 2 is 1.85 bits per heavy atom. The molecule has 0 aliphatic carbocycles. The zero-order valence-electron chi connectivity index (χ0n) is 14.5. The Hall–Kier alpha value is -2.64. The van der Waals surface area contributed by atoms with Crippen LogP contribution in [-0.4, -0.2) is 27.5 Å². The van der Waals surface area contributed by atoms with Crippen LogP contribution in [0.4, 0.5) is 0 Å². The van der Waals surface area contributed by atoms with E-state index in [0.29, 0.717) is 19.6 Å². The minimum Gasteiger partial charge on any atom is -0.493 e. The van der Waals surface area contributed by atoms with E-state index in [4.69, 9.17) is 9.88 Å². The first-order valence-electron chi connectivity index (χ1n) is 8.19. The summed E-state index contributed by atoms with van der Waals surface area (Å²) in [5.74, 6) is 0.520. The Morgan fingerprint density at radius 1 is 1.15 bits per heavy atom. The summed E-state index contributed by atoms with van der Waals surface area (Å²) in [5.41, 5.74) is 1.74. The van der Waals surface area contributed by atoms with E-state index >= 15 is 0 Å². The molecule has 3 N–H and O–H groups in total. The second-order valence-corrected chi connectivity index (χ2v) is 7.10. The normalized spacial score (nSPS) is 11.5. The van der Waals surface area contributed by atoms with Crippen LogP contribution < -0.4 is 15.2 Å². The van der Waals surface area contributed by atoms with Gasteiger partial charge in [0.25, 0.3) is 0 Å². The highest BCUT2D eigenvalue weighted by molar-refractivity contribution is 7.89. The average Bonchev–Trinajstić information content (AvgIpc) is 2.61. The molecule has 0 spiro atoms. The van der Waals surface area contributed by atoms with Crippen LogP contribution in [-0.2, 0) is 21.2 Å². The maximum atomic E-state index is 11.9. The van der Waals surface area contributed by atoms with Crippen molar-refractivity contribution in [2.75, 3.05) is 13.2 Å². The number of sulfonamides is 1. The number of ether oxygens (including phenoxy) is 1. The number of para-hydroxylation sites is 1. The Morgan fingerprint density at radius 3 is 2.50 bits per heavy atom. The van der Waals surface area contributed by atoms with Gasteiger partial charge in [-0.3, -0.25) is 4.79 Å². The molecule has 0 aromatic heterocycles. The number of hydrogen-bond acceptors (Lipinski definition) is 4. The molecular formula is C19H22N2O4S. The smallest absolute Gasteiger partial charge is 0.244 e. The molecule has 1 amide bonds. The summed E-state index contributed by atoms with van der Waals surface area (Å²) in [4.78, 5) is 12.0. The van der Waals surface area contributed by atoms with Crippen LogP contribution in [0.3, 0.4) is 0 Å². The van der Waals surface area contributed by atoms with Crippen LogP contribution in [0.15, 0.2) is 59.5 Å². The van der Waals surface area contributed by atoms with Crippen LogP contribution in [0, 0.1) is 0 Å². The first-order chi connectivity index (χ1) is 12.4. The fourth-order valence-electron chi connectivity index (χ4n) is 2.31. The van der Waals surface area contributed by atoms with Gasteiger partial charge in [-0.1, -0.05) is 30.3 Å². The monoisotopic (exact) mass is 374 g/mol. The molecule has 26 heavy (non-hydrogen) atoms. The molecule has 2 aromatic carbocycles. The van der Waals surface area contributed by atoms with Crippen LogP contribution in [0.2, 0.25) is 0 Å². The van der Waals surface area contributed by atoms with Crippen molar-refractivity contribution in [1.82, 2.24) is 5.32 Å². The van der Waals surface area contributed by atoms with E-state index in [1.165, 1.54) is 18.2 Å². The van der Waals surface area contributed by atoms with Gasteiger partial charge in [-0.05, 0) is 43.2 Å². The molecule has 0 heterocycles. The standard InChI is InChI=1S/C19H22N2O4S/c1-2-25-18-6-4-3-5-16(18)9-12-19(22)21-14-13-15-7-10-17(11-8-15)26(20,23)24/h3-12H,2,13-14H2,1H3,(H,21,22)(H2,20,23,24)/b12-9+. The van der Waals surface area contributed by atoms with Gasteiger partial charge in [0.05, 0.1) is 11.5 Å². The molecule has 0 unspecified atom stereocenters. The SMILES string of the molecule is CCOc1ccccc1/C=C/C(=O)NCCc1ccc(S(N)(=O)=O)cc1. The van der Waals surface area contributed by atoms with Gasteiger partial charge in [-0.2, -0.15) is 0 Å². The Kier molecular flexibility index (Phi) is 6.94. The lowest BCUT2D eigenvalue weighted by Gasteiger charge is -2.06. The van der Waals surface area contributed by atoms with Gasteiger partial charge in [-0.25, -0.2) is 13.6 Å². The largest absolute Gasteiger partial charge is 0.493 e. The van der Waals surface area contributed by atoms with Crippen molar-refractivity contribution in [2.45, 2.75) is 18.2 Å². The molecule has 138 valence electrons. The van der Waals surface area contributed by atoms with Crippen molar-refractivity contribution >= 4 is 22.0 Å². The summed E-state index contributed by atoms with van der Waals surface area (Å²) in [7, 11) is -3.68. The van der Waals surface area contributed by atoms with E-state index in [1.807, 2.05) is 31.2 Å². The zero-order chi connectivity index (χ0) is 19.0. The summed E-state index contributed by atoms with van der Waals surface area (Å²) >= 11 is 0. The third-order valence-corrected chi connectivity index (χ3v) is 4.53. The van der Waals surface area contributed by atoms with Crippen molar-refractivity contribution < 1.29 is 17.9 Å². The van der Waals surface area contributed by atoms with Crippen LogP contribution in [0.5, 0.6) is 5.75 Å². The summed E-state index contributed by atoms with van der Waals surface area (Å²) in [6.45, 7) is 2.90. The molecule has 0 saturated heterocycles. The zero-order valence-corrected chi connectivity index (χ0v) is 15.3. The minimum absolute atomic E-state index is 0.0705. The number of benzene rings is 2. The first-order valence-corrected chi connectivity index (χ1v) is 9.74. The molecule has 7 heteroatoms. The van der Waals surface area contributed by atoms with Gasteiger partial charge in [0.2, 0.25) is 15.9 Å². The van der Waals surface area contributed by atoms with E-state index in [0.717, 1.165) is 16.9 Å². The molecular weight excluding hydrogens is 352 g/mol. The first kappa shape index (κ1) is 19.7. The van der Waals surface area contributed by atoms with E-state index < -0.39 is 10.0 Å². The van der Waals surface area contributed by atoms with E-state index in [-0.39, 0.29) is 10.8 Å². The number of rotatable bonds is 8. The molecule has 0 bridgehead atoms. The predicted octanol–water partition coefficient (Wildman–Crippen LogP) is 2.10. The molecule has 0 atom stereocenters. The molecule has 0 saturated carbocycles. The van der Waals surface area contributed by atoms with Crippen LogP contribution >= 0.6 is 0 Å². The highest BCUT2D eigenvalue weighted by atomic mass is 32.2. The van der Waals surface area contributed by atoms with Crippen molar-refractivity contribution in [1.29, 1.82) is 0 Å². The molecule has 0 radical (unpaired) electrons. The second kappa shape index (κ2) is 9.17. The molecule has 2 rings (SSSR count). The lowest BCUT2D eigenvalue weighted by Crippen LogP contribution is -2.23. The number of nitrogens with one attached hydrogen (secondary N) is 1. The van der Waals surface area contributed by atoms with Gasteiger partial charge in [-0.15, -0.1) is 0 Å². The van der Waals surface area contributed by atoms with Crippen molar-refractivity contribution in [2.24, 2.45) is 5.14 Å². The summed E-state index contributed by atoms with van der Waals surface area (Å²) in [6, 6.07) is 13.8. The molecule has 0 aliphatic rings. The molecule has 6 nitrogen and oxygen atoms in total. The van der Waals surface area contributed by atoms with E-state index in [9.17, 15) is 13.2 Å². The van der Waals surface area contributed by atoms with Crippen molar-refractivity contribution in [3.05, 3.63) is 65.7 Å². The maximum Gasteiger partial charge on any atom is 0.244 e. The highest BCUT2D eigenvalue weighted by Crippen LogP contribution is 2.19. The highest BCUT2D eigenvalue weighted by Gasteiger charge is 2.06. The number of hydrogen-bond donors (Lipinski definition) is 2. The minimum atomic E-state index is -3.68. The van der Waals surface area contributed by atoms with Crippen LogP contribution in [0.1, 0.15) is 18.1 Å².